The van der Waals surface area contributed by atoms with Crippen LogP contribution in [-0.2, 0) is 19.1 Å². The average Bonchev–Trinajstić information content (AvgIpc) is 2.28. The normalized spacial score (nSPS) is 11.7. The molecule has 18 heavy (non-hydrogen) atoms. The van der Waals surface area contributed by atoms with E-state index in [4.69, 9.17) is 5.11 Å². The quantitative estimate of drug-likeness (QED) is 0.415. The first kappa shape index (κ1) is 17.1. The van der Waals surface area contributed by atoms with E-state index in [9.17, 15) is 14.4 Å². The lowest BCUT2D eigenvalue weighted by Crippen LogP contribution is -2.42. The summed E-state index contributed by atoms with van der Waals surface area (Å²) in [7, 11) is 0. The minimum absolute atomic E-state index is 0.0230. The molecule has 104 valence electrons. The van der Waals surface area contributed by atoms with Crippen LogP contribution >= 0.6 is 24.4 Å². The van der Waals surface area contributed by atoms with Crippen molar-refractivity contribution >= 4 is 42.2 Å². The number of hydrogen-bond donors (Lipinski definition) is 3. The predicted octanol–water partition coefficient (Wildman–Crippen LogP) is 0.172. The van der Waals surface area contributed by atoms with Gasteiger partial charge in [-0.05, 0) is 19.1 Å². The summed E-state index contributed by atoms with van der Waals surface area (Å²) >= 11 is 5.00. The van der Waals surface area contributed by atoms with Crippen LogP contribution in [0.25, 0.3) is 0 Å². The van der Waals surface area contributed by atoms with Gasteiger partial charge >= 0.3 is 11.9 Å². The SMILES string of the molecule is CCOC(=O)CSCC(=O)N[C@@H](CCS)C(=O)O. The van der Waals surface area contributed by atoms with E-state index in [-0.39, 0.29) is 23.9 Å². The number of thiol groups is 1. The largest absolute Gasteiger partial charge is 0.480 e. The van der Waals surface area contributed by atoms with Crippen molar-refractivity contribution in [3.05, 3.63) is 0 Å². The van der Waals surface area contributed by atoms with Crippen molar-refractivity contribution in [1.29, 1.82) is 0 Å². The fraction of sp³-hybridized carbons (Fsp3) is 0.700. The second-order valence-electron chi connectivity index (χ2n) is 3.27. The van der Waals surface area contributed by atoms with E-state index in [0.717, 1.165) is 11.8 Å². The van der Waals surface area contributed by atoms with E-state index in [1.807, 2.05) is 0 Å². The number of aliphatic carboxylic acids is 1. The molecule has 0 radical (unpaired) electrons. The summed E-state index contributed by atoms with van der Waals surface area (Å²) < 4.78 is 4.69. The van der Waals surface area contributed by atoms with Gasteiger partial charge in [0.15, 0.2) is 0 Å². The summed E-state index contributed by atoms with van der Waals surface area (Å²) in [5.74, 6) is -1.43. The van der Waals surface area contributed by atoms with Gasteiger partial charge in [-0.2, -0.15) is 12.6 Å². The molecule has 0 aromatic carbocycles. The molecule has 0 rings (SSSR count). The second kappa shape index (κ2) is 10.1. The van der Waals surface area contributed by atoms with Gasteiger partial charge in [-0.1, -0.05) is 0 Å². The van der Waals surface area contributed by atoms with Crippen molar-refractivity contribution < 1.29 is 24.2 Å². The molecule has 0 fully saturated rings. The van der Waals surface area contributed by atoms with Crippen molar-refractivity contribution in [2.75, 3.05) is 23.9 Å². The third kappa shape index (κ3) is 8.24. The maximum Gasteiger partial charge on any atom is 0.326 e. The van der Waals surface area contributed by atoms with Crippen molar-refractivity contribution in [1.82, 2.24) is 5.32 Å². The zero-order chi connectivity index (χ0) is 14.0. The number of carbonyl (C=O) groups excluding carboxylic acids is 2. The second-order valence-corrected chi connectivity index (χ2v) is 4.70. The number of thioether (sulfide) groups is 1. The number of ether oxygens (including phenoxy) is 1. The van der Waals surface area contributed by atoms with Gasteiger partial charge in [-0.3, -0.25) is 9.59 Å². The molecule has 1 amide bonds. The number of carboxylic acid groups (broad SMARTS) is 1. The van der Waals surface area contributed by atoms with Gasteiger partial charge in [0.1, 0.15) is 6.04 Å². The molecule has 0 bridgehead atoms. The standard InChI is InChI=1S/C10H17NO5S2/c1-2-16-9(13)6-18-5-8(12)11-7(3-4-17)10(14)15/h7,17H,2-6H2,1H3,(H,11,12)(H,14,15)/t7-/m0/s1. The maximum absolute atomic E-state index is 11.4. The van der Waals surface area contributed by atoms with E-state index in [1.54, 1.807) is 6.92 Å². The molecular formula is C10H17NO5S2. The monoisotopic (exact) mass is 295 g/mol. The van der Waals surface area contributed by atoms with Crippen molar-refractivity contribution in [3.63, 3.8) is 0 Å². The van der Waals surface area contributed by atoms with E-state index in [2.05, 4.69) is 22.7 Å². The highest BCUT2D eigenvalue weighted by molar-refractivity contribution is 8.00. The Bertz CT molecular complexity index is 298. The number of rotatable bonds is 9. The van der Waals surface area contributed by atoms with Crippen LogP contribution in [0.2, 0.25) is 0 Å². The van der Waals surface area contributed by atoms with Crippen LogP contribution in [0, 0.1) is 0 Å². The van der Waals surface area contributed by atoms with E-state index in [1.165, 1.54) is 0 Å². The van der Waals surface area contributed by atoms with Gasteiger partial charge in [0.05, 0.1) is 18.1 Å². The van der Waals surface area contributed by atoms with Crippen LogP contribution in [0.4, 0.5) is 0 Å². The molecule has 0 unspecified atom stereocenters. The number of nitrogens with one attached hydrogen (secondary N) is 1. The van der Waals surface area contributed by atoms with Crippen LogP contribution in [0.15, 0.2) is 0 Å². The molecule has 0 aliphatic heterocycles. The van der Waals surface area contributed by atoms with E-state index in [0.29, 0.717) is 12.4 Å². The Kier molecular flexibility index (Phi) is 9.57. The van der Waals surface area contributed by atoms with E-state index < -0.39 is 17.9 Å². The van der Waals surface area contributed by atoms with Gasteiger partial charge in [0, 0.05) is 0 Å². The molecule has 0 aromatic rings. The summed E-state index contributed by atoms with van der Waals surface area (Å²) in [6.45, 7) is 2.00. The maximum atomic E-state index is 11.4. The highest BCUT2D eigenvalue weighted by Gasteiger charge is 2.18. The first-order valence-electron chi connectivity index (χ1n) is 5.37. The molecular weight excluding hydrogens is 278 g/mol. The highest BCUT2D eigenvalue weighted by atomic mass is 32.2. The van der Waals surface area contributed by atoms with Gasteiger partial charge in [-0.25, -0.2) is 4.79 Å². The molecule has 8 heteroatoms. The molecule has 6 nitrogen and oxygen atoms in total. The molecule has 2 N–H and O–H groups in total. The molecule has 0 saturated heterocycles. The lowest BCUT2D eigenvalue weighted by molar-refractivity contribution is -0.141. The van der Waals surface area contributed by atoms with Crippen LogP contribution < -0.4 is 5.32 Å². The Balaban J connectivity index is 3.88. The Morgan fingerprint density at radius 2 is 2.06 bits per heavy atom. The Hall–Kier alpha value is -0.890. The van der Waals surface area contributed by atoms with Crippen LogP contribution in [0.3, 0.4) is 0 Å². The zero-order valence-electron chi connectivity index (χ0n) is 10.0. The van der Waals surface area contributed by atoms with Gasteiger partial charge in [0.25, 0.3) is 0 Å². The Morgan fingerprint density at radius 1 is 1.39 bits per heavy atom. The first-order chi connectivity index (χ1) is 8.51. The zero-order valence-corrected chi connectivity index (χ0v) is 11.8. The number of amides is 1. The minimum Gasteiger partial charge on any atom is -0.480 e. The molecule has 0 aromatic heterocycles. The summed E-state index contributed by atoms with van der Waals surface area (Å²) in [5.41, 5.74) is 0. The molecule has 0 aliphatic rings. The van der Waals surface area contributed by atoms with Gasteiger partial charge in [-0.15, -0.1) is 11.8 Å². The fourth-order valence-corrected chi connectivity index (χ4v) is 1.93. The lowest BCUT2D eigenvalue weighted by Gasteiger charge is -2.12. The molecule has 0 aliphatic carbocycles. The first-order valence-corrected chi connectivity index (χ1v) is 7.16. The fourth-order valence-electron chi connectivity index (χ4n) is 1.05. The summed E-state index contributed by atoms with van der Waals surface area (Å²) in [5, 5.41) is 11.2. The third-order valence-corrected chi connectivity index (χ3v) is 2.97. The molecule has 0 spiro atoms. The molecule has 1 atom stereocenters. The van der Waals surface area contributed by atoms with Crippen LogP contribution in [0.1, 0.15) is 13.3 Å². The third-order valence-electron chi connectivity index (χ3n) is 1.81. The number of carbonyl (C=O) groups is 3. The highest BCUT2D eigenvalue weighted by Crippen LogP contribution is 2.02. The molecule has 0 heterocycles. The van der Waals surface area contributed by atoms with Crippen molar-refractivity contribution in [3.8, 4) is 0 Å². The van der Waals surface area contributed by atoms with Crippen molar-refractivity contribution in [2.45, 2.75) is 19.4 Å². The molecule has 0 saturated carbocycles. The van der Waals surface area contributed by atoms with Crippen molar-refractivity contribution in [2.24, 2.45) is 0 Å². The summed E-state index contributed by atoms with van der Waals surface area (Å²) in [6.07, 6.45) is 0.257. The number of carboxylic acids is 1. The van der Waals surface area contributed by atoms with Gasteiger partial charge < -0.3 is 15.2 Å². The number of esters is 1. The smallest absolute Gasteiger partial charge is 0.326 e. The Labute approximate surface area is 115 Å². The van der Waals surface area contributed by atoms with Crippen LogP contribution in [-0.4, -0.2) is 52.9 Å². The topological polar surface area (TPSA) is 92.7 Å². The van der Waals surface area contributed by atoms with Gasteiger partial charge in [0.2, 0.25) is 5.91 Å². The summed E-state index contributed by atoms with van der Waals surface area (Å²) in [6, 6.07) is -0.932. The Morgan fingerprint density at radius 3 is 2.56 bits per heavy atom. The lowest BCUT2D eigenvalue weighted by atomic mass is 10.2. The van der Waals surface area contributed by atoms with Crippen LogP contribution in [0.5, 0.6) is 0 Å². The predicted molar refractivity (Wildman–Crippen MR) is 72.0 cm³/mol. The summed E-state index contributed by atoms with van der Waals surface area (Å²) in [4.78, 5) is 33.1. The number of hydrogen-bond acceptors (Lipinski definition) is 6. The van der Waals surface area contributed by atoms with E-state index >= 15 is 0 Å². The minimum atomic E-state index is -1.09. The average molecular weight is 295 g/mol.